The van der Waals surface area contributed by atoms with Crippen molar-refractivity contribution in [1.29, 1.82) is 0 Å². The van der Waals surface area contributed by atoms with Crippen LogP contribution in [0.15, 0.2) is 24.5 Å². The Hall–Kier alpha value is -2.25. The number of nitrogens with one attached hydrogen (secondary N) is 1. The van der Waals surface area contributed by atoms with Gasteiger partial charge in [-0.2, -0.15) is 5.10 Å². The minimum absolute atomic E-state index is 0.0606. The fraction of sp³-hybridized carbons (Fsp3) is 0.500. The van der Waals surface area contributed by atoms with Gasteiger partial charge in [0.05, 0.1) is 25.5 Å². The van der Waals surface area contributed by atoms with Gasteiger partial charge in [-0.1, -0.05) is 0 Å². The van der Waals surface area contributed by atoms with E-state index in [1.807, 2.05) is 30.2 Å². The first-order chi connectivity index (χ1) is 12.1. The molecule has 2 aliphatic heterocycles. The van der Waals surface area contributed by atoms with Gasteiger partial charge in [0.2, 0.25) is 5.91 Å². The number of hydrogen-bond acceptors (Lipinski definition) is 5. The number of rotatable bonds is 3. The Morgan fingerprint density at radius 2 is 2.20 bits per heavy atom. The number of carbonyl (C=O) groups excluding carboxylic acids is 1. The van der Waals surface area contributed by atoms with Crippen LogP contribution < -0.4 is 4.90 Å². The maximum atomic E-state index is 13.0. The number of aryl methyl sites for hydroxylation is 1. The molecular formula is C18H23N5O2. The molecule has 2 aliphatic rings. The molecule has 132 valence electrons. The molecular weight excluding hydrogens is 318 g/mol. The molecule has 1 N–H and O–H groups in total. The lowest BCUT2D eigenvalue weighted by Gasteiger charge is -2.36. The molecule has 7 nitrogen and oxygen atoms in total. The lowest BCUT2D eigenvalue weighted by molar-refractivity contribution is -0.125. The SMILES string of the molecule is Cc1nc(N2CCC(N3CCOC[C@H]3C)C2=O)ccc1-c1cn[nH]c1. The van der Waals surface area contributed by atoms with E-state index >= 15 is 0 Å². The van der Waals surface area contributed by atoms with Crippen molar-refractivity contribution in [3.05, 3.63) is 30.2 Å². The Bertz CT molecular complexity index is 761. The Labute approximate surface area is 147 Å². The van der Waals surface area contributed by atoms with Crippen molar-refractivity contribution < 1.29 is 9.53 Å². The van der Waals surface area contributed by atoms with E-state index < -0.39 is 0 Å². The highest BCUT2D eigenvalue weighted by atomic mass is 16.5. The van der Waals surface area contributed by atoms with E-state index in [4.69, 9.17) is 4.74 Å². The van der Waals surface area contributed by atoms with Gasteiger partial charge in [0.15, 0.2) is 0 Å². The Morgan fingerprint density at radius 1 is 1.32 bits per heavy atom. The Morgan fingerprint density at radius 3 is 2.92 bits per heavy atom. The van der Waals surface area contributed by atoms with E-state index in [9.17, 15) is 4.79 Å². The number of morpholine rings is 1. The molecule has 0 saturated carbocycles. The van der Waals surface area contributed by atoms with Crippen LogP contribution in [-0.2, 0) is 9.53 Å². The molecule has 25 heavy (non-hydrogen) atoms. The Kier molecular flexibility index (Phi) is 4.27. The number of aromatic amines is 1. The van der Waals surface area contributed by atoms with Crippen molar-refractivity contribution in [3.8, 4) is 11.1 Å². The first kappa shape index (κ1) is 16.2. The van der Waals surface area contributed by atoms with Crippen LogP contribution in [0, 0.1) is 6.92 Å². The summed E-state index contributed by atoms with van der Waals surface area (Å²) in [5, 5.41) is 6.81. The topological polar surface area (TPSA) is 74.3 Å². The lowest BCUT2D eigenvalue weighted by atomic mass is 10.1. The quantitative estimate of drug-likeness (QED) is 0.918. The summed E-state index contributed by atoms with van der Waals surface area (Å²) in [5.41, 5.74) is 2.93. The van der Waals surface area contributed by atoms with E-state index in [0.29, 0.717) is 19.8 Å². The largest absolute Gasteiger partial charge is 0.379 e. The number of pyridine rings is 1. The van der Waals surface area contributed by atoms with Crippen molar-refractivity contribution in [2.75, 3.05) is 31.2 Å². The minimum atomic E-state index is -0.0606. The van der Waals surface area contributed by atoms with Crippen LogP contribution in [0.3, 0.4) is 0 Å². The van der Waals surface area contributed by atoms with Gasteiger partial charge in [-0.25, -0.2) is 4.98 Å². The van der Waals surface area contributed by atoms with E-state index in [0.717, 1.165) is 35.6 Å². The average Bonchev–Trinajstić information content (AvgIpc) is 3.25. The standard InChI is InChI=1S/C18H23N5O2/c1-12-11-25-8-7-22(12)16-5-6-23(18(16)24)17-4-3-15(13(2)21-17)14-9-19-20-10-14/h3-4,9-10,12,16H,5-8,11H2,1-2H3,(H,19,20)/t12-,16?/m1/s1. The zero-order valence-electron chi connectivity index (χ0n) is 14.6. The predicted octanol–water partition coefficient (Wildman–Crippen LogP) is 1.61. The monoisotopic (exact) mass is 341 g/mol. The third-order valence-corrected chi connectivity index (χ3v) is 5.15. The van der Waals surface area contributed by atoms with Crippen molar-refractivity contribution >= 4 is 11.7 Å². The number of carbonyl (C=O) groups is 1. The second kappa shape index (κ2) is 6.57. The molecule has 0 bridgehead atoms. The summed E-state index contributed by atoms with van der Waals surface area (Å²) in [4.78, 5) is 21.7. The van der Waals surface area contributed by atoms with E-state index in [1.165, 1.54) is 0 Å². The number of hydrogen-bond donors (Lipinski definition) is 1. The van der Waals surface area contributed by atoms with Gasteiger partial charge in [0.25, 0.3) is 0 Å². The summed E-state index contributed by atoms with van der Waals surface area (Å²) in [6.07, 6.45) is 4.47. The number of amides is 1. The average molecular weight is 341 g/mol. The smallest absolute Gasteiger partial charge is 0.245 e. The fourth-order valence-electron chi connectivity index (χ4n) is 3.80. The summed E-state index contributed by atoms with van der Waals surface area (Å²) in [6, 6.07) is 4.16. The summed E-state index contributed by atoms with van der Waals surface area (Å²) in [6.45, 7) is 7.01. The molecule has 4 rings (SSSR count). The molecule has 1 amide bonds. The van der Waals surface area contributed by atoms with Crippen LogP contribution in [0.5, 0.6) is 0 Å². The van der Waals surface area contributed by atoms with E-state index in [-0.39, 0.29) is 18.0 Å². The van der Waals surface area contributed by atoms with E-state index in [2.05, 4.69) is 27.0 Å². The molecule has 2 atom stereocenters. The molecule has 0 spiro atoms. The van der Waals surface area contributed by atoms with Crippen molar-refractivity contribution in [3.63, 3.8) is 0 Å². The summed E-state index contributed by atoms with van der Waals surface area (Å²) < 4.78 is 5.50. The zero-order valence-corrected chi connectivity index (χ0v) is 14.6. The van der Waals surface area contributed by atoms with Crippen molar-refractivity contribution in [2.24, 2.45) is 0 Å². The minimum Gasteiger partial charge on any atom is -0.379 e. The van der Waals surface area contributed by atoms with Crippen LogP contribution in [0.2, 0.25) is 0 Å². The molecule has 2 saturated heterocycles. The summed E-state index contributed by atoms with van der Waals surface area (Å²) in [5.74, 6) is 0.884. The number of nitrogens with zero attached hydrogens (tertiary/aromatic N) is 4. The number of ether oxygens (including phenoxy) is 1. The maximum absolute atomic E-state index is 13.0. The van der Waals surface area contributed by atoms with Crippen LogP contribution in [0.4, 0.5) is 5.82 Å². The lowest BCUT2D eigenvalue weighted by Crippen LogP contribution is -2.52. The van der Waals surface area contributed by atoms with Gasteiger partial charge in [-0.15, -0.1) is 0 Å². The summed E-state index contributed by atoms with van der Waals surface area (Å²) >= 11 is 0. The molecule has 0 radical (unpaired) electrons. The van der Waals surface area contributed by atoms with E-state index in [1.54, 1.807) is 6.20 Å². The van der Waals surface area contributed by atoms with Gasteiger partial charge < -0.3 is 4.74 Å². The zero-order chi connectivity index (χ0) is 17.4. The third kappa shape index (κ3) is 2.94. The number of aromatic nitrogens is 3. The molecule has 1 unspecified atom stereocenters. The summed E-state index contributed by atoms with van der Waals surface area (Å²) in [7, 11) is 0. The van der Waals surface area contributed by atoms with Crippen LogP contribution >= 0.6 is 0 Å². The number of H-pyrrole nitrogens is 1. The molecule has 7 heteroatoms. The molecule has 4 heterocycles. The molecule has 2 aromatic rings. The van der Waals surface area contributed by atoms with Gasteiger partial charge >= 0.3 is 0 Å². The molecule has 0 aliphatic carbocycles. The molecule has 2 fully saturated rings. The Balaban J connectivity index is 1.54. The van der Waals surface area contributed by atoms with Gasteiger partial charge in [-0.05, 0) is 32.4 Å². The molecule has 2 aromatic heterocycles. The number of anilines is 1. The van der Waals surface area contributed by atoms with Crippen LogP contribution in [0.1, 0.15) is 19.0 Å². The normalized spacial score (nSPS) is 24.9. The predicted molar refractivity (Wildman–Crippen MR) is 94.3 cm³/mol. The van der Waals surface area contributed by atoms with Crippen LogP contribution in [0.25, 0.3) is 11.1 Å². The maximum Gasteiger partial charge on any atom is 0.245 e. The fourth-order valence-corrected chi connectivity index (χ4v) is 3.80. The van der Waals surface area contributed by atoms with Gasteiger partial charge in [0.1, 0.15) is 5.82 Å². The first-order valence-electron chi connectivity index (χ1n) is 8.77. The highest BCUT2D eigenvalue weighted by molar-refractivity contribution is 5.98. The van der Waals surface area contributed by atoms with Gasteiger partial charge in [0, 0.05) is 42.1 Å². The van der Waals surface area contributed by atoms with Crippen molar-refractivity contribution in [1.82, 2.24) is 20.1 Å². The van der Waals surface area contributed by atoms with Crippen molar-refractivity contribution in [2.45, 2.75) is 32.4 Å². The second-order valence-electron chi connectivity index (χ2n) is 6.75. The van der Waals surface area contributed by atoms with Gasteiger partial charge in [-0.3, -0.25) is 19.7 Å². The van der Waals surface area contributed by atoms with Crippen LogP contribution in [-0.4, -0.2) is 64.4 Å². The third-order valence-electron chi connectivity index (χ3n) is 5.15. The second-order valence-corrected chi connectivity index (χ2v) is 6.75. The highest BCUT2D eigenvalue weighted by Gasteiger charge is 2.39. The first-order valence-corrected chi connectivity index (χ1v) is 8.77. The molecule has 0 aromatic carbocycles. The highest BCUT2D eigenvalue weighted by Crippen LogP contribution is 2.28.